The summed E-state index contributed by atoms with van der Waals surface area (Å²) in [5, 5.41) is 22.0. The van der Waals surface area contributed by atoms with Crippen molar-refractivity contribution in [1.29, 1.82) is 0 Å². The highest BCUT2D eigenvalue weighted by Gasteiger charge is 2.31. The number of alkyl halides is 3. The Morgan fingerprint density at radius 1 is 1.19 bits per heavy atom. The molecule has 0 saturated carbocycles. The van der Waals surface area contributed by atoms with Gasteiger partial charge in [-0.25, -0.2) is 0 Å². The maximum Gasteiger partial charge on any atom is 0.416 e. The number of esters is 1. The van der Waals surface area contributed by atoms with Gasteiger partial charge in [0.15, 0.2) is 0 Å². The number of unbranched alkanes of at least 4 members (excludes halogenated alkanes) is 3. The van der Waals surface area contributed by atoms with Crippen molar-refractivity contribution in [2.75, 3.05) is 31.6 Å². The van der Waals surface area contributed by atoms with E-state index >= 15 is 0 Å². The summed E-state index contributed by atoms with van der Waals surface area (Å²) in [7, 11) is 0. The molecule has 1 atom stereocenters. The van der Waals surface area contributed by atoms with Crippen LogP contribution in [0.4, 0.5) is 19.0 Å². The van der Waals surface area contributed by atoms with E-state index in [2.05, 4.69) is 20.4 Å². The second-order valence-corrected chi connectivity index (χ2v) is 9.24. The Kier molecular flexibility index (Phi) is 9.92. The van der Waals surface area contributed by atoms with Crippen molar-refractivity contribution >= 4 is 11.8 Å². The Morgan fingerprint density at radius 2 is 1.97 bits per heavy atom. The minimum atomic E-state index is -4.53. The third-order valence-corrected chi connectivity index (χ3v) is 6.33. The van der Waals surface area contributed by atoms with Gasteiger partial charge in [-0.2, -0.15) is 13.2 Å². The number of nitrogens with zero attached hydrogens (tertiary/aromatic N) is 3. The highest BCUT2D eigenvalue weighted by molar-refractivity contribution is 5.70. The molecule has 0 radical (unpaired) electrons. The molecule has 10 heteroatoms. The van der Waals surface area contributed by atoms with Crippen molar-refractivity contribution in [3.63, 3.8) is 0 Å². The molecule has 1 aliphatic heterocycles. The lowest BCUT2D eigenvalue weighted by Gasteiger charge is -2.33. The fourth-order valence-electron chi connectivity index (χ4n) is 4.51. The molecule has 2 aromatic rings. The second kappa shape index (κ2) is 12.9. The number of aromatic hydroxyl groups is 1. The Labute approximate surface area is 210 Å². The lowest BCUT2D eigenvalue weighted by atomic mass is 10.0. The Bertz CT molecular complexity index is 1020. The lowest BCUT2D eigenvalue weighted by molar-refractivity contribution is -0.143. The van der Waals surface area contributed by atoms with Crippen LogP contribution >= 0.6 is 0 Å². The van der Waals surface area contributed by atoms with Crippen molar-refractivity contribution in [2.24, 2.45) is 0 Å². The van der Waals surface area contributed by atoms with E-state index in [0.717, 1.165) is 64.2 Å². The third kappa shape index (κ3) is 8.08. The summed E-state index contributed by atoms with van der Waals surface area (Å²) in [4.78, 5) is 13.8. The van der Waals surface area contributed by atoms with Crippen LogP contribution in [0.3, 0.4) is 0 Å². The summed E-state index contributed by atoms with van der Waals surface area (Å²) in [6, 6.07) is 4.89. The fraction of sp³-hybridized carbons (Fsp3) is 0.577. The van der Waals surface area contributed by atoms with Crippen LogP contribution in [0, 0.1) is 6.92 Å². The van der Waals surface area contributed by atoms with Crippen molar-refractivity contribution in [3.8, 4) is 17.0 Å². The number of carbonyl (C=O) groups excluding carboxylic acids is 1. The molecular weight excluding hydrogens is 473 g/mol. The molecule has 198 valence electrons. The Morgan fingerprint density at radius 3 is 2.67 bits per heavy atom. The first-order chi connectivity index (χ1) is 17.2. The summed E-state index contributed by atoms with van der Waals surface area (Å²) in [5.41, 5.74) is 0.356. The Hall–Kier alpha value is -2.88. The van der Waals surface area contributed by atoms with Gasteiger partial charge in [0.25, 0.3) is 0 Å². The van der Waals surface area contributed by atoms with Gasteiger partial charge in [-0.15, -0.1) is 10.2 Å². The molecule has 3 rings (SSSR count). The van der Waals surface area contributed by atoms with Gasteiger partial charge in [-0.05, 0) is 82.4 Å². The van der Waals surface area contributed by atoms with Crippen molar-refractivity contribution in [1.82, 2.24) is 15.1 Å². The van der Waals surface area contributed by atoms with E-state index in [9.17, 15) is 23.1 Å². The number of likely N-dealkylation sites (tertiary alicyclic amines) is 1. The molecule has 1 saturated heterocycles. The summed E-state index contributed by atoms with van der Waals surface area (Å²) >= 11 is 0. The number of hydrogen-bond acceptors (Lipinski definition) is 7. The first kappa shape index (κ1) is 27.7. The zero-order chi connectivity index (χ0) is 26.1. The van der Waals surface area contributed by atoms with Gasteiger partial charge in [0.1, 0.15) is 11.6 Å². The smallest absolute Gasteiger partial charge is 0.416 e. The van der Waals surface area contributed by atoms with Crippen LogP contribution in [0.15, 0.2) is 24.3 Å². The van der Waals surface area contributed by atoms with Crippen LogP contribution < -0.4 is 5.32 Å². The number of carbonyl (C=O) groups is 1. The number of aromatic nitrogens is 2. The van der Waals surface area contributed by atoms with E-state index in [0.29, 0.717) is 36.2 Å². The number of anilines is 1. The minimum absolute atomic E-state index is 0.120. The maximum absolute atomic E-state index is 12.9. The number of benzene rings is 1. The van der Waals surface area contributed by atoms with E-state index in [1.165, 1.54) is 6.07 Å². The maximum atomic E-state index is 12.9. The molecule has 1 aliphatic rings. The molecular formula is C26H35F3N4O3. The second-order valence-electron chi connectivity index (χ2n) is 9.24. The van der Waals surface area contributed by atoms with E-state index in [1.807, 2.05) is 13.0 Å². The van der Waals surface area contributed by atoms with Crippen molar-refractivity contribution in [3.05, 3.63) is 35.4 Å². The highest BCUT2D eigenvalue weighted by Crippen LogP contribution is 2.36. The summed E-state index contributed by atoms with van der Waals surface area (Å²) in [6.07, 6.45) is 2.09. The zero-order valence-corrected chi connectivity index (χ0v) is 20.9. The van der Waals surface area contributed by atoms with Gasteiger partial charge in [-0.3, -0.25) is 4.79 Å². The number of nitrogens with one attached hydrogen (secondary N) is 1. The molecule has 7 nitrogen and oxygen atoms in total. The Balaban J connectivity index is 1.49. The van der Waals surface area contributed by atoms with E-state index < -0.39 is 17.5 Å². The number of phenolic OH excluding ortho intramolecular Hbond substituents is 1. The van der Waals surface area contributed by atoms with Gasteiger partial charge in [0.2, 0.25) is 0 Å². The normalized spacial score (nSPS) is 16.6. The number of piperidine rings is 1. The number of rotatable bonds is 11. The topological polar surface area (TPSA) is 87.6 Å². The van der Waals surface area contributed by atoms with Gasteiger partial charge < -0.3 is 20.1 Å². The molecule has 2 N–H and O–H groups in total. The first-order valence-corrected chi connectivity index (χ1v) is 12.6. The predicted octanol–water partition coefficient (Wildman–Crippen LogP) is 5.57. The monoisotopic (exact) mass is 508 g/mol. The number of phenols is 1. The van der Waals surface area contributed by atoms with Crippen LogP contribution in [0.5, 0.6) is 5.75 Å². The fourth-order valence-corrected chi connectivity index (χ4v) is 4.51. The highest BCUT2D eigenvalue weighted by atomic mass is 19.4. The minimum Gasteiger partial charge on any atom is -0.507 e. The van der Waals surface area contributed by atoms with Crippen molar-refractivity contribution < 1.29 is 27.8 Å². The van der Waals surface area contributed by atoms with Crippen LogP contribution in [0.25, 0.3) is 11.3 Å². The number of ether oxygens (including phenoxy) is 1. The number of halogens is 3. The van der Waals surface area contributed by atoms with E-state index in [1.54, 1.807) is 6.92 Å². The number of aryl methyl sites for hydroxylation is 1. The van der Waals surface area contributed by atoms with E-state index in [4.69, 9.17) is 4.74 Å². The summed E-state index contributed by atoms with van der Waals surface area (Å²) < 4.78 is 43.6. The van der Waals surface area contributed by atoms with E-state index in [-0.39, 0.29) is 17.6 Å². The largest absolute Gasteiger partial charge is 0.507 e. The molecule has 0 bridgehead atoms. The first-order valence-electron chi connectivity index (χ1n) is 12.6. The molecule has 1 fully saturated rings. The molecule has 36 heavy (non-hydrogen) atoms. The predicted molar refractivity (Wildman–Crippen MR) is 132 cm³/mol. The molecule has 2 heterocycles. The quantitative estimate of drug-likeness (QED) is 0.303. The van der Waals surface area contributed by atoms with Crippen molar-refractivity contribution in [2.45, 2.75) is 71.0 Å². The molecule has 1 aromatic carbocycles. The SMILES string of the molecule is CCOC(=O)CCCCCCN1CCC[C@@H](Nc2cc(C)c(-c3ccc(C(F)(F)F)cc3O)nn2)C1. The van der Waals surface area contributed by atoms with Gasteiger partial charge in [0.05, 0.1) is 17.9 Å². The van der Waals surface area contributed by atoms with Crippen LogP contribution in [-0.4, -0.2) is 58.5 Å². The summed E-state index contributed by atoms with van der Waals surface area (Å²) in [5.74, 6) is 0.00481. The van der Waals surface area contributed by atoms with Crippen LogP contribution in [0.2, 0.25) is 0 Å². The summed E-state index contributed by atoms with van der Waals surface area (Å²) in [6.45, 7) is 7.00. The lowest BCUT2D eigenvalue weighted by Crippen LogP contribution is -2.42. The molecule has 0 aliphatic carbocycles. The van der Waals surface area contributed by atoms with Crippen LogP contribution in [0.1, 0.15) is 63.0 Å². The van der Waals surface area contributed by atoms with Gasteiger partial charge in [0, 0.05) is 24.6 Å². The standard InChI is InChI=1S/C26H35F3N4O3/c1-3-36-24(35)10-6-4-5-7-13-33-14-8-9-20(17-33)30-23-15-18(2)25(32-31-23)21-12-11-19(16-22(21)34)26(27,28)29/h11-12,15-16,20,34H,3-10,13-14,17H2,1-2H3,(H,30,31)/t20-/m1/s1. The molecule has 0 unspecified atom stereocenters. The number of hydrogen-bond donors (Lipinski definition) is 2. The average molecular weight is 509 g/mol. The molecule has 0 spiro atoms. The average Bonchev–Trinajstić information content (AvgIpc) is 2.82. The zero-order valence-electron chi connectivity index (χ0n) is 20.9. The van der Waals surface area contributed by atoms with Crippen LogP contribution in [-0.2, 0) is 15.7 Å². The molecule has 0 amide bonds. The van der Waals surface area contributed by atoms with Gasteiger partial charge >= 0.3 is 12.1 Å². The van der Waals surface area contributed by atoms with Gasteiger partial charge in [-0.1, -0.05) is 12.8 Å². The molecule has 1 aromatic heterocycles. The third-order valence-electron chi connectivity index (χ3n) is 6.33.